The van der Waals surface area contributed by atoms with Crippen molar-refractivity contribution in [2.75, 3.05) is 13.2 Å². The van der Waals surface area contributed by atoms with E-state index in [1.807, 2.05) is 0 Å². The molecule has 0 bridgehead atoms. The van der Waals surface area contributed by atoms with E-state index in [1.54, 1.807) is 6.92 Å². The molecule has 0 amide bonds. The van der Waals surface area contributed by atoms with Gasteiger partial charge >= 0.3 is 5.97 Å². The summed E-state index contributed by atoms with van der Waals surface area (Å²) in [5, 5.41) is 2.57. The third-order valence-corrected chi connectivity index (χ3v) is 0.548. The van der Waals surface area contributed by atoms with Gasteiger partial charge in [-0.1, -0.05) is 0 Å². The maximum atomic E-state index is 10.7. The molecule has 4 nitrogen and oxygen atoms in total. The maximum absolute atomic E-state index is 10.7. The lowest BCUT2D eigenvalue weighted by Crippen LogP contribution is -2.10. The number of carbonyl (C=O) groups excluding carboxylic acids is 1. The normalized spacial score (nSPS) is 9.11. The minimum Gasteiger partial charge on any atom is -0.370 e. The molecule has 0 aromatic rings. The van der Waals surface area contributed by atoms with Gasteiger partial charge in [0.2, 0.25) is 0 Å². The molecule has 0 aliphatic heterocycles. The first-order valence-electron chi connectivity index (χ1n) is 2.37. The minimum atomic E-state index is -0.889. The SMILES string of the molecule is CCOCC(=O)OOF. The Morgan fingerprint density at radius 2 is 2.33 bits per heavy atom. The van der Waals surface area contributed by atoms with Crippen LogP contribution in [0.1, 0.15) is 6.92 Å². The van der Waals surface area contributed by atoms with Crippen molar-refractivity contribution in [3.8, 4) is 0 Å². The third kappa shape index (κ3) is 5.19. The van der Waals surface area contributed by atoms with Crippen LogP contribution in [0, 0.1) is 0 Å². The fraction of sp³-hybridized carbons (Fsp3) is 0.750. The predicted octanol–water partition coefficient (Wildman–Crippen LogP) is 0.382. The molecule has 0 spiro atoms. The van der Waals surface area contributed by atoms with Crippen molar-refractivity contribution >= 4 is 5.97 Å². The van der Waals surface area contributed by atoms with Gasteiger partial charge in [0.15, 0.2) is 0 Å². The summed E-state index contributed by atoms with van der Waals surface area (Å²) in [7, 11) is 0. The third-order valence-electron chi connectivity index (χ3n) is 0.548. The van der Waals surface area contributed by atoms with Crippen LogP contribution in [0.3, 0.4) is 0 Å². The molecular formula is C4H7FO4. The lowest BCUT2D eigenvalue weighted by molar-refractivity contribution is -0.400. The molecule has 0 unspecified atom stereocenters. The van der Waals surface area contributed by atoms with Crippen LogP contribution in [0.4, 0.5) is 4.53 Å². The van der Waals surface area contributed by atoms with Crippen molar-refractivity contribution in [3.05, 3.63) is 0 Å². The van der Waals surface area contributed by atoms with Crippen molar-refractivity contribution in [1.82, 2.24) is 0 Å². The molecule has 0 aromatic heterocycles. The zero-order chi connectivity index (χ0) is 7.11. The molecule has 0 fully saturated rings. The van der Waals surface area contributed by atoms with Gasteiger partial charge in [0.05, 0.1) is 0 Å². The van der Waals surface area contributed by atoms with Gasteiger partial charge in [-0.3, -0.25) is 4.89 Å². The summed E-state index contributed by atoms with van der Waals surface area (Å²) in [5.41, 5.74) is 0. The highest BCUT2D eigenvalue weighted by atomic mass is 19.3. The first kappa shape index (κ1) is 8.32. The topological polar surface area (TPSA) is 44.8 Å². The summed E-state index contributed by atoms with van der Waals surface area (Å²) >= 11 is 0. The summed E-state index contributed by atoms with van der Waals surface area (Å²) in [4.78, 5) is 13.5. The maximum Gasteiger partial charge on any atom is 0.371 e. The number of halogens is 1. The van der Waals surface area contributed by atoms with Crippen LogP contribution in [0.15, 0.2) is 0 Å². The highest BCUT2D eigenvalue weighted by molar-refractivity contribution is 5.69. The van der Waals surface area contributed by atoms with Gasteiger partial charge in [0.25, 0.3) is 0 Å². The second-order valence-electron chi connectivity index (χ2n) is 1.16. The Morgan fingerprint density at radius 3 is 2.78 bits per heavy atom. The van der Waals surface area contributed by atoms with Crippen molar-refractivity contribution < 1.29 is 24.0 Å². The van der Waals surface area contributed by atoms with Crippen molar-refractivity contribution in [2.45, 2.75) is 6.92 Å². The zero-order valence-electron chi connectivity index (χ0n) is 4.93. The molecule has 0 aromatic carbocycles. The Kier molecular flexibility index (Phi) is 5.04. The van der Waals surface area contributed by atoms with E-state index >= 15 is 0 Å². The standard InChI is InChI=1S/C4H7FO4/c1-2-7-3-4(6)8-9-5/h2-3H2,1H3. The molecule has 54 valence electrons. The van der Waals surface area contributed by atoms with Gasteiger partial charge in [-0.15, -0.1) is 0 Å². The van der Waals surface area contributed by atoms with Gasteiger partial charge in [0, 0.05) is 11.7 Å². The molecule has 0 atom stereocenters. The molecule has 5 heteroatoms. The van der Waals surface area contributed by atoms with E-state index in [4.69, 9.17) is 0 Å². The zero-order valence-corrected chi connectivity index (χ0v) is 4.93. The van der Waals surface area contributed by atoms with Crippen LogP contribution in [-0.2, 0) is 19.5 Å². The highest BCUT2D eigenvalue weighted by Gasteiger charge is 2.01. The van der Waals surface area contributed by atoms with Crippen LogP contribution >= 0.6 is 0 Å². The number of hydrogen-bond acceptors (Lipinski definition) is 4. The minimum absolute atomic E-state index is 0.291. The number of rotatable bonds is 4. The predicted molar refractivity (Wildman–Crippen MR) is 24.8 cm³/mol. The second kappa shape index (κ2) is 5.46. The van der Waals surface area contributed by atoms with E-state index in [0.717, 1.165) is 0 Å². The molecule has 0 saturated heterocycles. The Balaban J connectivity index is 3.06. The van der Waals surface area contributed by atoms with Gasteiger partial charge in [-0.05, 0) is 11.4 Å². The summed E-state index contributed by atoms with van der Waals surface area (Å²) in [5.74, 6) is -0.889. The number of carbonyl (C=O) groups is 1. The Bertz CT molecular complexity index is 84.6. The number of hydrogen-bond donors (Lipinski definition) is 0. The van der Waals surface area contributed by atoms with Crippen molar-refractivity contribution in [3.63, 3.8) is 0 Å². The lowest BCUT2D eigenvalue weighted by atomic mass is 10.7. The van der Waals surface area contributed by atoms with Gasteiger partial charge in [-0.2, -0.15) is 0 Å². The Labute approximate surface area is 51.3 Å². The van der Waals surface area contributed by atoms with Gasteiger partial charge in [0.1, 0.15) is 6.61 Å². The van der Waals surface area contributed by atoms with Crippen molar-refractivity contribution in [2.24, 2.45) is 0 Å². The molecule has 0 aliphatic rings. The summed E-state index contributed by atoms with van der Waals surface area (Å²) in [6.45, 7) is 1.78. The van der Waals surface area contributed by atoms with E-state index in [-0.39, 0.29) is 6.61 Å². The monoisotopic (exact) mass is 138 g/mol. The summed E-state index contributed by atoms with van der Waals surface area (Å²) in [6, 6.07) is 0. The van der Waals surface area contributed by atoms with Crippen molar-refractivity contribution in [1.29, 1.82) is 0 Å². The van der Waals surface area contributed by atoms with E-state index in [9.17, 15) is 9.32 Å². The first-order chi connectivity index (χ1) is 4.31. The van der Waals surface area contributed by atoms with E-state index < -0.39 is 5.97 Å². The van der Waals surface area contributed by atoms with Gasteiger partial charge < -0.3 is 4.74 Å². The molecule has 0 heterocycles. The fourth-order valence-electron chi connectivity index (χ4n) is 0.245. The molecule has 0 aliphatic carbocycles. The lowest BCUT2D eigenvalue weighted by Gasteiger charge is -1.95. The molecule has 0 saturated carbocycles. The summed E-state index contributed by atoms with van der Waals surface area (Å²) < 4.78 is 15.2. The Morgan fingerprint density at radius 1 is 1.67 bits per heavy atom. The fourth-order valence-corrected chi connectivity index (χ4v) is 0.245. The van der Waals surface area contributed by atoms with Crippen LogP contribution in [0.5, 0.6) is 0 Å². The average molecular weight is 138 g/mol. The first-order valence-corrected chi connectivity index (χ1v) is 2.37. The van der Waals surface area contributed by atoms with E-state index in [1.165, 1.54) is 0 Å². The van der Waals surface area contributed by atoms with E-state index in [2.05, 4.69) is 14.7 Å². The second-order valence-corrected chi connectivity index (χ2v) is 1.16. The molecular weight excluding hydrogens is 131 g/mol. The average Bonchev–Trinajstić information content (AvgIpc) is 1.85. The van der Waals surface area contributed by atoms with Gasteiger partial charge in [-0.25, -0.2) is 4.79 Å². The Hall–Kier alpha value is -0.680. The quantitative estimate of drug-likeness (QED) is 0.416. The summed E-state index contributed by atoms with van der Waals surface area (Å²) in [6.07, 6.45) is 0. The number of ether oxygens (including phenoxy) is 1. The van der Waals surface area contributed by atoms with E-state index in [0.29, 0.717) is 6.61 Å². The van der Waals surface area contributed by atoms with Crippen LogP contribution in [0.25, 0.3) is 0 Å². The molecule has 9 heavy (non-hydrogen) atoms. The molecule has 0 N–H and O–H groups in total. The van der Waals surface area contributed by atoms with Crippen LogP contribution in [-0.4, -0.2) is 19.2 Å². The highest BCUT2D eigenvalue weighted by Crippen LogP contribution is 1.82. The smallest absolute Gasteiger partial charge is 0.370 e. The largest absolute Gasteiger partial charge is 0.371 e. The molecule has 0 radical (unpaired) electrons. The molecule has 0 rings (SSSR count). The van der Waals surface area contributed by atoms with Crippen LogP contribution < -0.4 is 0 Å². The van der Waals surface area contributed by atoms with Crippen LogP contribution in [0.2, 0.25) is 0 Å².